The number of rotatable bonds is 10. The number of hydrogen-bond acceptors (Lipinski definition) is 4. The van der Waals surface area contributed by atoms with Crippen LogP contribution < -0.4 is 10.1 Å². The van der Waals surface area contributed by atoms with E-state index in [2.05, 4.69) is 30.6 Å². The van der Waals surface area contributed by atoms with Crippen LogP contribution in [0.4, 0.5) is 0 Å². The van der Waals surface area contributed by atoms with Crippen LogP contribution in [-0.4, -0.2) is 35.5 Å². The van der Waals surface area contributed by atoms with Gasteiger partial charge in [0.05, 0.1) is 12.7 Å². The normalized spacial score (nSPS) is 14.4. The van der Waals surface area contributed by atoms with Gasteiger partial charge < -0.3 is 20.1 Å². The molecule has 2 N–H and O–H groups in total. The molecule has 0 radical (unpaired) electrons. The van der Waals surface area contributed by atoms with Crippen molar-refractivity contribution in [1.82, 2.24) is 10.2 Å². The lowest BCUT2D eigenvalue weighted by atomic mass is 9.98. The fourth-order valence-corrected chi connectivity index (χ4v) is 4.74. The summed E-state index contributed by atoms with van der Waals surface area (Å²) in [4.78, 5) is 27.0. The zero-order valence-electron chi connectivity index (χ0n) is 23.1. The molecule has 1 amide bonds. The summed E-state index contributed by atoms with van der Waals surface area (Å²) in [5, 5.41) is 12.5. The van der Waals surface area contributed by atoms with Crippen LogP contribution in [0.3, 0.4) is 0 Å². The van der Waals surface area contributed by atoms with Crippen LogP contribution in [0.2, 0.25) is 0 Å². The number of carboxylic acids is 1. The van der Waals surface area contributed by atoms with Gasteiger partial charge in [0.25, 0.3) is 5.91 Å². The summed E-state index contributed by atoms with van der Waals surface area (Å²) >= 11 is 0. The van der Waals surface area contributed by atoms with E-state index >= 15 is 0 Å². The van der Waals surface area contributed by atoms with Crippen LogP contribution in [0.25, 0.3) is 11.1 Å². The summed E-state index contributed by atoms with van der Waals surface area (Å²) < 4.78 is 5.27. The van der Waals surface area contributed by atoms with Crippen LogP contribution >= 0.6 is 0 Å². The molecular formula is C34H34N2O4. The molecule has 0 bridgehead atoms. The third-order valence-electron chi connectivity index (χ3n) is 7.13. The number of carboxylic acid groups (broad SMARTS) is 1. The Morgan fingerprint density at radius 2 is 1.77 bits per heavy atom. The second-order valence-corrected chi connectivity index (χ2v) is 9.68. The molecule has 0 spiro atoms. The molecule has 0 unspecified atom stereocenters. The van der Waals surface area contributed by atoms with Gasteiger partial charge in [-0.15, -0.1) is 0 Å². The molecular weight excluding hydrogens is 500 g/mol. The van der Waals surface area contributed by atoms with Crippen LogP contribution in [0, 0.1) is 0 Å². The molecule has 6 nitrogen and oxygen atoms in total. The first-order valence-electron chi connectivity index (χ1n) is 13.1. The molecule has 0 aliphatic carbocycles. The number of allylic oxidation sites excluding steroid dienone is 3. The average molecular weight is 535 g/mol. The third-order valence-corrected chi connectivity index (χ3v) is 7.13. The van der Waals surface area contributed by atoms with Crippen molar-refractivity contribution in [1.29, 1.82) is 0 Å². The summed E-state index contributed by atoms with van der Waals surface area (Å²) in [5.41, 5.74) is 7.84. The van der Waals surface area contributed by atoms with Crippen LogP contribution in [0.1, 0.15) is 35.3 Å². The molecule has 3 aromatic rings. The van der Waals surface area contributed by atoms with Crippen molar-refractivity contribution in [2.45, 2.75) is 26.9 Å². The van der Waals surface area contributed by atoms with Gasteiger partial charge in [-0.2, -0.15) is 0 Å². The molecule has 6 heteroatoms. The number of methoxy groups -OCH3 is 1. The number of hydrogen-bond donors (Lipinski definition) is 2. The van der Waals surface area contributed by atoms with E-state index in [1.165, 1.54) is 0 Å². The highest BCUT2D eigenvalue weighted by atomic mass is 16.5. The lowest BCUT2D eigenvalue weighted by molar-refractivity contribution is -0.117. The predicted octanol–water partition coefficient (Wildman–Crippen LogP) is 6.53. The lowest BCUT2D eigenvalue weighted by Crippen LogP contribution is -2.24. The van der Waals surface area contributed by atoms with Crippen LogP contribution in [0.15, 0.2) is 120 Å². The maximum atomic E-state index is 13.1. The second-order valence-electron chi connectivity index (χ2n) is 9.68. The van der Waals surface area contributed by atoms with Gasteiger partial charge in [0.15, 0.2) is 0 Å². The number of nitrogens with one attached hydrogen (secondary N) is 1. The number of carbonyl (C=O) groups excluding carboxylic acids is 1. The Hall–Kier alpha value is -4.84. The number of benzene rings is 3. The molecule has 204 valence electrons. The number of carbonyl (C=O) groups is 2. The van der Waals surface area contributed by atoms with Gasteiger partial charge in [0.1, 0.15) is 5.75 Å². The van der Waals surface area contributed by atoms with Crippen molar-refractivity contribution in [2.75, 3.05) is 13.7 Å². The molecule has 0 atom stereocenters. The van der Waals surface area contributed by atoms with Crippen molar-refractivity contribution in [3.05, 3.63) is 137 Å². The van der Waals surface area contributed by atoms with Gasteiger partial charge in [-0.05, 0) is 71.5 Å². The molecule has 0 saturated carbocycles. The standard InChI is InChI=1S/C34H34N2O4/c1-5-9-28(33(37)35-20-26-10-8-11-30(18-26)40-4)19-29-22-36(24(3)23(29)2)21-25-14-16-27(17-15-25)31-12-6-7-13-32(31)34(38)39/h5-19H,1,20-22H2,2-4H3,(H,35,37)(H,38,39)/b28-9+,29-19+. The molecule has 0 aromatic heterocycles. The minimum atomic E-state index is -0.939. The van der Waals surface area contributed by atoms with E-state index < -0.39 is 5.97 Å². The molecule has 0 saturated heterocycles. The van der Waals surface area contributed by atoms with Crippen molar-refractivity contribution in [2.24, 2.45) is 0 Å². The first-order chi connectivity index (χ1) is 19.3. The topological polar surface area (TPSA) is 78.9 Å². The molecule has 4 rings (SSSR count). The Morgan fingerprint density at radius 1 is 1.02 bits per heavy atom. The first-order valence-corrected chi connectivity index (χ1v) is 13.1. The predicted molar refractivity (Wildman–Crippen MR) is 159 cm³/mol. The maximum absolute atomic E-state index is 13.1. The second kappa shape index (κ2) is 12.8. The summed E-state index contributed by atoms with van der Waals surface area (Å²) in [6, 6.07) is 22.6. The maximum Gasteiger partial charge on any atom is 0.336 e. The Morgan fingerprint density at radius 3 is 2.48 bits per heavy atom. The Balaban J connectivity index is 1.45. The zero-order chi connectivity index (χ0) is 28.6. The SMILES string of the molecule is C=C/C=C(\C=C1/CN(Cc2ccc(-c3ccccc3C(=O)O)cc2)C(C)=C1C)C(=O)NCc1cccc(OC)c1. The monoisotopic (exact) mass is 534 g/mol. The van der Waals surface area contributed by atoms with Crippen molar-refractivity contribution < 1.29 is 19.4 Å². The molecule has 1 aliphatic heterocycles. The highest BCUT2D eigenvalue weighted by molar-refractivity contribution is 5.97. The minimum Gasteiger partial charge on any atom is -0.497 e. The number of ether oxygens (including phenoxy) is 1. The van der Waals surface area contributed by atoms with E-state index in [4.69, 9.17) is 4.74 Å². The van der Waals surface area contributed by atoms with Gasteiger partial charge in [-0.25, -0.2) is 4.79 Å². The van der Waals surface area contributed by atoms with E-state index in [-0.39, 0.29) is 11.5 Å². The van der Waals surface area contributed by atoms with E-state index in [9.17, 15) is 14.7 Å². The third kappa shape index (κ3) is 6.59. The largest absolute Gasteiger partial charge is 0.497 e. The van der Waals surface area contributed by atoms with Crippen LogP contribution in [0.5, 0.6) is 5.75 Å². The lowest BCUT2D eigenvalue weighted by Gasteiger charge is -2.20. The van der Waals surface area contributed by atoms with Crippen molar-refractivity contribution in [3.63, 3.8) is 0 Å². The number of nitrogens with zero attached hydrogens (tertiary/aromatic N) is 1. The highest BCUT2D eigenvalue weighted by Crippen LogP contribution is 2.31. The summed E-state index contributed by atoms with van der Waals surface area (Å²) in [6.45, 7) is 9.72. The Bertz CT molecular complexity index is 1510. The van der Waals surface area contributed by atoms with Gasteiger partial charge >= 0.3 is 5.97 Å². The highest BCUT2D eigenvalue weighted by Gasteiger charge is 2.22. The van der Waals surface area contributed by atoms with Crippen molar-refractivity contribution in [3.8, 4) is 16.9 Å². The van der Waals surface area contributed by atoms with E-state index in [1.54, 1.807) is 31.4 Å². The van der Waals surface area contributed by atoms with E-state index in [1.807, 2.05) is 66.7 Å². The van der Waals surface area contributed by atoms with Crippen molar-refractivity contribution >= 4 is 11.9 Å². The van der Waals surface area contributed by atoms with E-state index in [0.717, 1.165) is 39.3 Å². The number of amides is 1. The average Bonchev–Trinajstić information content (AvgIpc) is 3.23. The molecule has 0 fully saturated rings. The Labute approximate surface area is 235 Å². The molecule has 40 heavy (non-hydrogen) atoms. The number of aromatic carboxylic acids is 1. The molecule has 1 aliphatic rings. The fraction of sp³-hybridized carbons (Fsp3) is 0.176. The van der Waals surface area contributed by atoms with Gasteiger partial charge in [-0.3, -0.25) is 4.79 Å². The fourth-order valence-electron chi connectivity index (χ4n) is 4.74. The summed E-state index contributed by atoms with van der Waals surface area (Å²) in [5.74, 6) is -0.361. The van der Waals surface area contributed by atoms with Crippen LogP contribution in [-0.2, 0) is 17.9 Å². The quantitative estimate of drug-likeness (QED) is 0.229. The summed E-state index contributed by atoms with van der Waals surface area (Å²) in [7, 11) is 1.62. The molecule has 3 aromatic carbocycles. The Kier molecular flexibility index (Phi) is 9.02. The van der Waals surface area contributed by atoms with E-state index in [0.29, 0.717) is 30.8 Å². The zero-order valence-corrected chi connectivity index (χ0v) is 23.1. The summed E-state index contributed by atoms with van der Waals surface area (Å²) in [6.07, 6.45) is 5.29. The van der Waals surface area contributed by atoms with Gasteiger partial charge in [0.2, 0.25) is 0 Å². The molecule has 1 heterocycles. The van der Waals surface area contributed by atoms with Gasteiger partial charge in [0, 0.05) is 30.9 Å². The van der Waals surface area contributed by atoms with Gasteiger partial charge in [-0.1, -0.05) is 73.3 Å². The minimum absolute atomic E-state index is 0.170. The smallest absolute Gasteiger partial charge is 0.336 e. The first kappa shape index (κ1) is 28.2.